The Bertz CT molecular complexity index is 487. The summed E-state index contributed by atoms with van der Waals surface area (Å²) in [6, 6.07) is 7.82. The lowest BCUT2D eigenvalue weighted by atomic mass is 10.2. The second-order valence-corrected chi connectivity index (χ2v) is 3.68. The minimum Gasteiger partial charge on any atom is -0.506 e. The number of phenols is 1. The maximum atomic E-state index is 9.77. The first-order valence-electron chi connectivity index (χ1n) is 4.87. The van der Waals surface area contributed by atoms with Crippen LogP contribution in [0.1, 0.15) is 5.69 Å². The molecule has 3 nitrogen and oxygen atoms in total. The van der Waals surface area contributed by atoms with Crippen LogP contribution < -0.4 is 5.32 Å². The maximum Gasteiger partial charge on any atom is 0.139 e. The second-order valence-electron chi connectivity index (χ2n) is 3.68. The van der Waals surface area contributed by atoms with Crippen molar-refractivity contribution in [1.82, 2.24) is 9.88 Å². The summed E-state index contributed by atoms with van der Waals surface area (Å²) in [7, 11) is 0. The molecule has 0 unspecified atom stereocenters. The van der Waals surface area contributed by atoms with Gasteiger partial charge < -0.3 is 15.0 Å². The Morgan fingerprint density at radius 2 is 2.29 bits per heavy atom. The van der Waals surface area contributed by atoms with Gasteiger partial charge in [0.15, 0.2) is 0 Å². The van der Waals surface area contributed by atoms with Gasteiger partial charge in [0.05, 0.1) is 5.52 Å². The lowest BCUT2D eigenvalue weighted by Crippen LogP contribution is -2.27. The molecule has 0 spiro atoms. The summed E-state index contributed by atoms with van der Waals surface area (Å²) >= 11 is 0. The SMILES string of the molecule is Oc1cccc2cc3n(c12)CCNC3. The third-order valence-corrected chi connectivity index (χ3v) is 2.80. The van der Waals surface area contributed by atoms with E-state index in [2.05, 4.69) is 16.0 Å². The molecule has 2 heterocycles. The molecule has 0 saturated heterocycles. The van der Waals surface area contributed by atoms with Crippen LogP contribution in [0.15, 0.2) is 24.3 Å². The number of para-hydroxylation sites is 1. The number of aromatic hydroxyl groups is 1. The molecule has 0 bridgehead atoms. The number of fused-ring (bicyclic) bond motifs is 3. The average molecular weight is 188 g/mol. The highest BCUT2D eigenvalue weighted by molar-refractivity contribution is 5.86. The van der Waals surface area contributed by atoms with Gasteiger partial charge in [0.25, 0.3) is 0 Å². The summed E-state index contributed by atoms with van der Waals surface area (Å²) in [4.78, 5) is 0. The normalized spacial score (nSPS) is 15.7. The molecule has 0 amide bonds. The van der Waals surface area contributed by atoms with Crippen molar-refractivity contribution in [3.8, 4) is 5.75 Å². The Labute approximate surface area is 82.0 Å². The molecule has 3 rings (SSSR count). The molecule has 1 aromatic carbocycles. The first-order valence-corrected chi connectivity index (χ1v) is 4.87. The number of rotatable bonds is 0. The van der Waals surface area contributed by atoms with E-state index in [1.165, 1.54) is 5.69 Å². The summed E-state index contributed by atoms with van der Waals surface area (Å²) < 4.78 is 2.20. The van der Waals surface area contributed by atoms with Crippen LogP contribution in [0.3, 0.4) is 0 Å². The van der Waals surface area contributed by atoms with Gasteiger partial charge in [-0.2, -0.15) is 0 Å². The van der Waals surface area contributed by atoms with Gasteiger partial charge in [-0.1, -0.05) is 12.1 Å². The summed E-state index contributed by atoms with van der Waals surface area (Å²) in [5, 5.41) is 14.2. The van der Waals surface area contributed by atoms with Crippen LogP contribution in [0.25, 0.3) is 10.9 Å². The van der Waals surface area contributed by atoms with Gasteiger partial charge in [-0.15, -0.1) is 0 Å². The van der Waals surface area contributed by atoms with E-state index in [1.54, 1.807) is 6.07 Å². The van der Waals surface area contributed by atoms with E-state index in [0.29, 0.717) is 5.75 Å². The predicted octanol–water partition coefficient (Wildman–Crippen LogP) is 1.45. The summed E-state index contributed by atoms with van der Waals surface area (Å²) in [5.74, 6) is 0.385. The molecule has 3 heteroatoms. The topological polar surface area (TPSA) is 37.2 Å². The fourth-order valence-corrected chi connectivity index (χ4v) is 2.17. The minimum absolute atomic E-state index is 0.385. The molecular weight excluding hydrogens is 176 g/mol. The van der Waals surface area contributed by atoms with Gasteiger partial charge in [0.1, 0.15) is 5.75 Å². The van der Waals surface area contributed by atoms with Crippen molar-refractivity contribution in [3.05, 3.63) is 30.0 Å². The third-order valence-electron chi connectivity index (χ3n) is 2.80. The molecule has 1 aliphatic rings. The van der Waals surface area contributed by atoms with Crippen molar-refractivity contribution in [2.24, 2.45) is 0 Å². The van der Waals surface area contributed by atoms with Crippen LogP contribution in [-0.4, -0.2) is 16.2 Å². The number of nitrogens with one attached hydrogen (secondary N) is 1. The first-order chi connectivity index (χ1) is 6.86. The molecule has 2 aromatic rings. The van der Waals surface area contributed by atoms with Gasteiger partial charge >= 0.3 is 0 Å². The summed E-state index contributed by atoms with van der Waals surface area (Å²) in [5.41, 5.74) is 2.23. The van der Waals surface area contributed by atoms with E-state index >= 15 is 0 Å². The van der Waals surface area contributed by atoms with E-state index in [0.717, 1.165) is 30.5 Å². The van der Waals surface area contributed by atoms with E-state index in [-0.39, 0.29) is 0 Å². The molecule has 72 valence electrons. The van der Waals surface area contributed by atoms with Crippen molar-refractivity contribution in [2.45, 2.75) is 13.1 Å². The van der Waals surface area contributed by atoms with Crippen molar-refractivity contribution in [1.29, 1.82) is 0 Å². The average Bonchev–Trinajstić information content (AvgIpc) is 2.57. The third kappa shape index (κ3) is 0.960. The smallest absolute Gasteiger partial charge is 0.139 e. The molecule has 0 aliphatic carbocycles. The highest BCUT2D eigenvalue weighted by atomic mass is 16.3. The minimum atomic E-state index is 0.385. The fraction of sp³-hybridized carbons (Fsp3) is 0.273. The molecule has 1 aromatic heterocycles. The van der Waals surface area contributed by atoms with Crippen LogP contribution in [-0.2, 0) is 13.1 Å². The monoisotopic (exact) mass is 188 g/mol. The number of aromatic nitrogens is 1. The zero-order valence-electron chi connectivity index (χ0n) is 7.83. The molecule has 0 fully saturated rings. The van der Waals surface area contributed by atoms with Gasteiger partial charge in [-0.3, -0.25) is 0 Å². The summed E-state index contributed by atoms with van der Waals surface area (Å²) in [6.45, 7) is 2.82. The number of phenolic OH excluding ortho intramolecular Hbond substituents is 1. The van der Waals surface area contributed by atoms with E-state index in [9.17, 15) is 5.11 Å². The first kappa shape index (κ1) is 7.88. The molecule has 14 heavy (non-hydrogen) atoms. The molecular formula is C11H12N2O. The van der Waals surface area contributed by atoms with Crippen LogP contribution in [0, 0.1) is 0 Å². The van der Waals surface area contributed by atoms with Gasteiger partial charge in [0.2, 0.25) is 0 Å². The molecule has 0 atom stereocenters. The highest BCUT2D eigenvalue weighted by Gasteiger charge is 2.14. The Morgan fingerprint density at radius 3 is 3.21 bits per heavy atom. The lowest BCUT2D eigenvalue weighted by molar-refractivity contribution is 0.471. The quantitative estimate of drug-likeness (QED) is 0.656. The molecule has 2 N–H and O–H groups in total. The Hall–Kier alpha value is -1.48. The van der Waals surface area contributed by atoms with E-state index in [1.807, 2.05) is 12.1 Å². The van der Waals surface area contributed by atoms with Gasteiger partial charge in [-0.05, 0) is 12.1 Å². The van der Waals surface area contributed by atoms with E-state index in [4.69, 9.17) is 0 Å². The Morgan fingerprint density at radius 1 is 1.36 bits per heavy atom. The standard InChI is InChI=1S/C11H12N2O/c14-10-3-1-2-8-6-9-7-12-4-5-13(9)11(8)10/h1-3,6,12,14H,4-5,7H2. The van der Waals surface area contributed by atoms with Crippen molar-refractivity contribution in [3.63, 3.8) is 0 Å². The Kier molecular flexibility index (Phi) is 1.55. The van der Waals surface area contributed by atoms with Crippen LogP contribution >= 0.6 is 0 Å². The highest BCUT2D eigenvalue weighted by Crippen LogP contribution is 2.28. The number of hydrogen-bond acceptors (Lipinski definition) is 2. The largest absolute Gasteiger partial charge is 0.506 e. The van der Waals surface area contributed by atoms with Crippen molar-refractivity contribution < 1.29 is 5.11 Å². The van der Waals surface area contributed by atoms with Crippen LogP contribution in [0.2, 0.25) is 0 Å². The zero-order chi connectivity index (χ0) is 9.54. The van der Waals surface area contributed by atoms with E-state index < -0.39 is 0 Å². The fourth-order valence-electron chi connectivity index (χ4n) is 2.17. The predicted molar refractivity (Wildman–Crippen MR) is 55.3 cm³/mol. The zero-order valence-corrected chi connectivity index (χ0v) is 7.83. The van der Waals surface area contributed by atoms with Crippen molar-refractivity contribution in [2.75, 3.05) is 6.54 Å². The Balaban J connectivity index is 2.38. The summed E-state index contributed by atoms with van der Waals surface area (Å²) in [6.07, 6.45) is 0. The van der Waals surface area contributed by atoms with Crippen LogP contribution in [0.4, 0.5) is 0 Å². The molecule has 0 saturated carbocycles. The van der Waals surface area contributed by atoms with Crippen molar-refractivity contribution >= 4 is 10.9 Å². The van der Waals surface area contributed by atoms with Crippen LogP contribution in [0.5, 0.6) is 5.75 Å². The molecule has 0 radical (unpaired) electrons. The number of hydrogen-bond donors (Lipinski definition) is 2. The second kappa shape index (κ2) is 2.75. The van der Waals surface area contributed by atoms with Gasteiger partial charge in [0, 0.05) is 30.7 Å². The maximum absolute atomic E-state index is 9.77. The number of benzene rings is 1. The van der Waals surface area contributed by atoms with Gasteiger partial charge in [-0.25, -0.2) is 0 Å². The lowest BCUT2D eigenvalue weighted by Gasteiger charge is -2.17. The number of nitrogens with zero attached hydrogens (tertiary/aromatic N) is 1. The molecule has 1 aliphatic heterocycles.